The van der Waals surface area contributed by atoms with Gasteiger partial charge in [0.15, 0.2) is 5.54 Å². The molecule has 0 unspecified atom stereocenters. The van der Waals surface area contributed by atoms with Crippen LogP contribution in [0, 0.1) is 10.8 Å². The van der Waals surface area contributed by atoms with Crippen molar-refractivity contribution in [2.75, 3.05) is 20.3 Å². The first-order chi connectivity index (χ1) is 17.9. The van der Waals surface area contributed by atoms with Crippen LogP contribution in [0.15, 0.2) is 60.7 Å². The van der Waals surface area contributed by atoms with E-state index in [1.165, 1.54) is 7.11 Å². The Kier molecular flexibility index (Phi) is 8.36. The molecule has 208 valence electrons. The summed E-state index contributed by atoms with van der Waals surface area (Å²) >= 11 is 0. The number of hydrogen-bond acceptors (Lipinski definition) is 7. The topological polar surface area (TPSA) is 71.5 Å². The van der Waals surface area contributed by atoms with Crippen molar-refractivity contribution in [1.29, 1.82) is 0 Å². The van der Waals surface area contributed by atoms with Crippen LogP contribution in [0.25, 0.3) is 0 Å². The molecule has 2 fully saturated rings. The molecule has 0 saturated carbocycles. The molecule has 1 N–H and O–H groups in total. The molecular formula is C31H44N2O5. The summed E-state index contributed by atoms with van der Waals surface area (Å²) in [7, 11) is 1.38. The molecule has 2 aliphatic heterocycles. The van der Waals surface area contributed by atoms with E-state index in [4.69, 9.17) is 14.2 Å². The average Bonchev–Trinajstić information content (AvgIpc) is 3.47. The van der Waals surface area contributed by atoms with E-state index in [1.807, 2.05) is 53.4 Å². The van der Waals surface area contributed by atoms with Crippen molar-refractivity contribution in [3.05, 3.63) is 71.8 Å². The van der Waals surface area contributed by atoms with Crippen molar-refractivity contribution in [1.82, 2.24) is 9.80 Å². The Bertz CT molecular complexity index is 1070. The second-order valence-electron chi connectivity index (χ2n) is 12.8. The number of carbonyl (C=O) groups excluding carboxylic acids is 1. The molecule has 2 saturated heterocycles. The van der Waals surface area contributed by atoms with Crippen LogP contribution in [0.1, 0.15) is 52.7 Å². The molecule has 2 aromatic rings. The highest BCUT2D eigenvalue weighted by Gasteiger charge is 2.63. The minimum Gasteiger partial charge on any atom is -0.467 e. The number of rotatable bonds is 7. The number of aliphatic hydroxyl groups is 1. The minimum atomic E-state index is -1.40. The molecule has 2 aromatic carbocycles. The standard InChI is InChI=1S/C31H44N2O5/c1-29(2,3)26-32(18-22-14-10-8-11-15-22)24(20-37-26)25(34)31(28(35)36-7)21-38-27(30(4,5)6)33(31)19-23-16-12-9-13-17-23/h8-17,24-27,34H,18-21H2,1-7H3/t24-,25-,26+,27+,31+/m0/s1. The van der Waals surface area contributed by atoms with Gasteiger partial charge in [0.1, 0.15) is 18.6 Å². The zero-order valence-corrected chi connectivity index (χ0v) is 23.9. The molecule has 2 heterocycles. The summed E-state index contributed by atoms with van der Waals surface area (Å²) in [6.07, 6.45) is -1.76. The van der Waals surface area contributed by atoms with E-state index < -0.39 is 29.9 Å². The third kappa shape index (κ3) is 5.54. The Morgan fingerprint density at radius 2 is 1.45 bits per heavy atom. The lowest BCUT2D eigenvalue weighted by atomic mass is 9.83. The molecule has 7 heteroatoms. The Morgan fingerprint density at radius 1 is 0.921 bits per heavy atom. The molecule has 0 aliphatic carbocycles. The molecule has 0 amide bonds. The first-order valence-electron chi connectivity index (χ1n) is 13.5. The van der Waals surface area contributed by atoms with E-state index in [2.05, 4.69) is 58.6 Å². The quantitative estimate of drug-likeness (QED) is 0.537. The Labute approximate surface area is 227 Å². The van der Waals surface area contributed by atoms with Gasteiger partial charge in [-0.15, -0.1) is 0 Å². The van der Waals surface area contributed by atoms with Gasteiger partial charge in [-0.05, 0) is 11.1 Å². The minimum absolute atomic E-state index is 0.0332. The van der Waals surface area contributed by atoms with E-state index in [0.717, 1.165) is 11.1 Å². The van der Waals surface area contributed by atoms with Gasteiger partial charge in [0, 0.05) is 23.9 Å². The molecule has 7 nitrogen and oxygen atoms in total. The van der Waals surface area contributed by atoms with Crippen molar-refractivity contribution < 1.29 is 24.1 Å². The van der Waals surface area contributed by atoms with Crippen LogP contribution in [0.2, 0.25) is 0 Å². The monoisotopic (exact) mass is 524 g/mol. The molecule has 0 spiro atoms. The summed E-state index contributed by atoms with van der Waals surface area (Å²) in [6, 6.07) is 19.7. The van der Waals surface area contributed by atoms with Gasteiger partial charge in [0.2, 0.25) is 0 Å². The van der Waals surface area contributed by atoms with Gasteiger partial charge in [-0.2, -0.15) is 0 Å². The number of methoxy groups -OCH3 is 1. The lowest BCUT2D eigenvalue weighted by Crippen LogP contribution is -2.68. The lowest BCUT2D eigenvalue weighted by molar-refractivity contribution is -0.168. The van der Waals surface area contributed by atoms with E-state index in [0.29, 0.717) is 19.7 Å². The van der Waals surface area contributed by atoms with Gasteiger partial charge in [-0.25, -0.2) is 4.79 Å². The number of nitrogens with zero attached hydrogens (tertiary/aromatic N) is 2. The van der Waals surface area contributed by atoms with Crippen LogP contribution in [0.4, 0.5) is 0 Å². The fourth-order valence-electron chi connectivity index (χ4n) is 5.93. The van der Waals surface area contributed by atoms with Crippen molar-refractivity contribution in [3.8, 4) is 0 Å². The summed E-state index contributed by atoms with van der Waals surface area (Å²) in [4.78, 5) is 18.0. The summed E-state index contributed by atoms with van der Waals surface area (Å²) in [6.45, 7) is 14.0. The van der Waals surface area contributed by atoms with Crippen LogP contribution in [0.3, 0.4) is 0 Å². The number of carbonyl (C=O) groups is 1. The van der Waals surface area contributed by atoms with Crippen LogP contribution < -0.4 is 0 Å². The molecular weight excluding hydrogens is 480 g/mol. The molecule has 0 aromatic heterocycles. The van der Waals surface area contributed by atoms with Gasteiger partial charge < -0.3 is 19.3 Å². The summed E-state index contributed by atoms with van der Waals surface area (Å²) in [5.41, 5.74) is 0.231. The number of esters is 1. The maximum Gasteiger partial charge on any atom is 0.331 e. The van der Waals surface area contributed by atoms with Crippen LogP contribution in [0.5, 0.6) is 0 Å². The van der Waals surface area contributed by atoms with Gasteiger partial charge in [0.25, 0.3) is 0 Å². The van der Waals surface area contributed by atoms with Crippen LogP contribution >= 0.6 is 0 Å². The van der Waals surface area contributed by atoms with E-state index in [9.17, 15) is 9.90 Å². The lowest BCUT2D eigenvalue weighted by Gasteiger charge is -2.46. The smallest absolute Gasteiger partial charge is 0.331 e. The molecule has 38 heavy (non-hydrogen) atoms. The van der Waals surface area contributed by atoms with Gasteiger partial charge in [-0.1, -0.05) is 102 Å². The van der Waals surface area contributed by atoms with Gasteiger partial charge in [-0.3, -0.25) is 9.80 Å². The zero-order chi connectivity index (χ0) is 27.7. The predicted octanol–water partition coefficient (Wildman–Crippen LogP) is 4.44. The maximum atomic E-state index is 13.8. The molecule has 5 atom stereocenters. The normalized spacial score (nSPS) is 27.9. The maximum absolute atomic E-state index is 13.8. The number of hydrogen-bond donors (Lipinski definition) is 1. The van der Waals surface area contributed by atoms with Crippen LogP contribution in [-0.2, 0) is 32.1 Å². The van der Waals surface area contributed by atoms with E-state index in [-0.39, 0.29) is 23.7 Å². The Balaban J connectivity index is 1.77. The van der Waals surface area contributed by atoms with Crippen molar-refractivity contribution >= 4 is 5.97 Å². The summed E-state index contributed by atoms with van der Waals surface area (Å²) < 4.78 is 18.1. The van der Waals surface area contributed by atoms with Crippen molar-refractivity contribution in [2.45, 2.75) is 84.8 Å². The SMILES string of the molecule is COC(=O)[C@]1([C@@H](O)[C@@H]2CO[C@H](C(C)(C)C)N2Cc2ccccc2)CO[C@H](C(C)(C)C)N1Cc1ccccc1. The average molecular weight is 525 g/mol. The third-order valence-electron chi connectivity index (χ3n) is 7.69. The van der Waals surface area contributed by atoms with Crippen molar-refractivity contribution in [3.63, 3.8) is 0 Å². The van der Waals surface area contributed by atoms with E-state index >= 15 is 0 Å². The molecule has 0 bridgehead atoms. The highest BCUT2D eigenvalue weighted by molar-refractivity contribution is 5.82. The fourth-order valence-corrected chi connectivity index (χ4v) is 5.93. The Morgan fingerprint density at radius 3 is 1.95 bits per heavy atom. The first kappa shape index (κ1) is 28.7. The van der Waals surface area contributed by atoms with Gasteiger partial charge in [0.05, 0.1) is 26.4 Å². The molecule has 0 radical (unpaired) electrons. The number of ether oxygens (including phenoxy) is 3. The summed E-state index contributed by atoms with van der Waals surface area (Å²) in [5.74, 6) is -0.494. The fraction of sp³-hybridized carbons (Fsp3) is 0.581. The first-order valence-corrected chi connectivity index (χ1v) is 13.5. The second-order valence-corrected chi connectivity index (χ2v) is 12.8. The number of benzene rings is 2. The zero-order valence-electron chi connectivity index (χ0n) is 23.9. The summed E-state index contributed by atoms with van der Waals surface area (Å²) in [5, 5.41) is 12.3. The van der Waals surface area contributed by atoms with Crippen LogP contribution in [-0.4, -0.2) is 71.3 Å². The highest BCUT2D eigenvalue weighted by Crippen LogP contribution is 2.44. The molecule has 4 rings (SSSR count). The van der Waals surface area contributed by atoms with Crippen molar-refractivity contribution in [2.24, 2.45) is 10.8 Å². The number of aliphatic hydroxyl groups excluding tert-OH is 1. The largest absolute Gasteiger partial charge is 0.467 e. The van der Waals surface area contributed by atoms with E-state index in [1.54, 1.807) is 0 Å². The molecule has 2 aliphatic rings. The predicted molar refractivity (Wildman–Crippen MR) is 147 cm³/mol. The highest BCUT2D eigenvalue weighted by atomic mass is 16.6. The second kappa shape index (κ2) is 11.1. The third-order valence-corrected chi connectivity index (χ3v) is 7.69. The van der Waals surface area contributed by atoms with Gasteiger partial charge >= 0.3 is 5.97 Å². The Hall–Kier alpha value is -2.29.